The molecule has 5 heteroatoms. The van der Waals surface area contributed by atoms with Crippen molar-refractivity contribution in [3.05, 3.63) is 230 Å². The zero-order valence-corrected chi connectivity index (χ0v) is 38.3. The molecule has 1 aromatic heterocycles. The van der Waals surface area contributed by atoms with E-state index in [1.54, 1.807) is 11.9 Å². The van der Waals surface area contributed by atoms with E-state index in [9.17, 15) is 15.1 Å². The molecule has 0 atom stereocenters. The first-order valence-corrected chi connectivity index (χ1v) is 22.4. The van der Waals surface area contributed by atoms with Gasteiger partial charge in [0.2, 0.25) is 0 Å². The molecule has 69 heavy (non-hydrogen) atoms. The lowest BCUT2D eigenvalue weighted by atomic mass is 9.33. The van der Waals surface area contributed by atoms with Gasteiger partial charge in [0, 0.05) is 68.8 Å². The fourth-order valence-corrected chi connectivity index (χ4v) is 9.61. The number of hydrogen-bond donors (Lipinski definition) is 1. The molecule has 4 nitrogen and oxygen atoms in total. The first kappa shape index (κ1) is 25.7. The number of hydrogen-bond acceptors (Lipinski definition) is 3. The summed E-state index contributed by atoms with van der Waals surface area (Å²) in [6.45, 7) is 10.0. The van der Waals surface area contributed by atoms with Crippen molar-refractivity contribution in [3.8, 4) is 39.1 Å². The van der Waals surface area contributed by atoms with E-state index in [1.165, 1.54) is 6.92 Å². The lowest BCUT2D eigenvalue weighted by Gasteiger charge is -2.45. The van der Waals surface area contributed by atoms with E-state index in [1.807, 2.05) is 117 Å². The van der Waals surface area contributed by atoms with Crippen LogP contribution in [-0.4, -0.2) is 18.3 Å². The van der Waals surface area contributed by atoms with Crippen molar-refractivity contribution in [2.75, 3.05) is 22.2 Å². The Kier molecular flexibility index (Phi) is 6.16. The van der Waals surface area contributed by atoms with Crippen LogP contribution in [0.5, 0.6) is 0 Å². The number of fused-ring (bicyclic) bond motifs is 7. The maximum absolute atomic E-state index is 11.1. The Morgan fingerprint density at radius 2 is 1.28 bits per heavy atom. The van der Waals surface area contributed by atoms with E-state index in [4.69, 9.17) is 12.3 Å². The summed E-state index contributed by atoms with van der Waals surface area (Å²) in [4.78, 5) is 3.57. The molecule has 3 heterocycles. The monoisotopic (exact) mass is 909 g/mol. The zero-order valence-electron chi connectivity index (χ0n) is 58.3. The summed E-state index contributed by atoms with van der Waals surface area (Å²) >= 11 is 0. The minimum absolute atomic E-state index is 0.0459. The highest BCUT2D eigenvalue weighted by Crippen LogP contribution is 2.50. The normalized spacial score (nSPS) is 17.3. The van der Waals surface area contributed by atoms with Crippen molar-refractivity contribution in [1.29, 1.82) is 0 Å². The Morgan fingerprint density at radius 1 is 0.623 bits per heavy atom. The van der Waals surface area contributed by atoms with Crippen molar-refractivity contribution < 1.29 is 27.4 Å². The van der Waals surface area contributed by atoms with Crippen LogP contribution < -0.4 is 31.5 Å². The highest BCUT2D eigenvalue weighted by molar-refractivity contribution is 7.00. The first-order valence-electron chi connectivity index (χ1n) is 32.4. The van der Waals surface area contributed by atoms with Gasteiger partial charge in [-0.1, -0.05) is 179 Å². The molecule has 0 fully saturated rings. The molecule has 0 saturated carbocycles. The number of aromatic nitrogens is 1. The van der Waals surface area contributed by atoms with Gasteiger partial charge in [-0.2, -0.15) is 0 Å². The molecule has 332 valence electrons. The number of benzene rings is 9. The average molecular weight is 909 g/mol. The minimum Gasteiger partial charge on any atom is -0.356 e. The SMILES string of the molecule is [2H]/C(C)=C(\[2H])C(=C)Nc1c([2H])c([2H])c2c(c1[2H])N(C)c1cc(C(C)(C)C)cc3c1B2c1c([2H])c([2H])c(-n2c4c([2H])c([2H])c([2H])c([2H])c4c4c([2H])c(-c5c([2H])c([2H])c([2H])c([2H])c5[2H])c([2H])c([2H])c42)c([2H])c1N3c1c(-c2ccccc2)cccc1-c1ccccc1. The molecule has 0 aliphatic carbocycles. The number of rotatable bonds is 8. The molecule has 1 N–H and O–H groups in total. The van der Waals surface area contributed by atoms with Crippen LogP contribution in [0.15, 0.2) is 224 Å². The standard InChI is InChI=1S/C64H53BN4/c1-7-20-42(2)66-48-32-34-54-58(40-48)67(6)60-38-47(64(3,4)5)39-61-62(60)65(54)55-35-33-49(68-56-30-18-17-27-52(56)53-37-46(31-36-57(53)68)43-21-11-8-12-22-43)41-59(55)69(61)63-50(44-23-13-9-14-24-44)28-19-29-51(63)45-25-15-10-16-26-45/h7-41,66H,2H2,1,3-6H3/b20-7-/i7D,8D,11D,12D,17D,18D,20D,21D,22D,27D,30D,31D,32D,33D,34D,35D,36D,37D,40D,41D. The van der Waals surface area contributed by atoms with Crippen LogP contribution in [0.25, 0.3) is 60.9 Å². The Hall–Kier alpha value is -8.28. The lowest BCUT2D eigenvalue weighted by molar-refractivity contribution is 0.590. The summed E-state index contributed by atoms with van der Waals surface area (Å²) in [7, 11) is 1.72. The number of para-hydroxylation sites is 2. The van der Waals surface area contributed by atoms with Crippen LogP contribution in [0.1, 0.15) is 60.7 Å². The highest BCUT2D eigenvalue weighted by atomic mass is 15.2. The molecule has 0 spiro atoms. The van der Waals surface area contributed by atoms with E-state index in [2.05, 4.69) is 11.9 Å². The van der Waals surface area contributed by atoms with Gasteiger partial charge in [-0.25, -0.2) is 0 Å². The topological polar surface area (TPSA) is 23.4 Å². The molecule has 0 bridgehead atoms. The van der Waals surface area contributed by atoms with Crippen molar-refractivity contribution in [3.63, 3.8) is 0 Å². The smallest absolute Gasteiger partial charge is 0.252 e. The third kappa shape index (κ3) is 6.99. The summed E-state index contributed by atoms with van der Waals surface area (Å²) in [5, 5.41) is 2.03. The van der Waals surface area contributed by atoms with Crippen LogP contribution >= 0.6 is 0 Å². The van der Waals surface area contributed by atoms with E-state index >= 15 is 0 Å². The molecule has 0 unspecified atom stereocenters. The summed E-state index contributed by atoms with van der Waals surface area (Å²) < 4.78 is 190. The second-order valence-corrected chi connectivity index (χ2v) is 17.9. The molecule has 0 amide bonds. The number of allylic oxidation sites excluding steroid dienone is 2. The summed E-state index contributed by atoms with van der Waals surface area (Å²) in [5.41, 5.74) is 1.63. The first-order chi connectivity index (χ1) is 42.0. The fourth-order valence-electron chi connectivity index (χ4n) is 9.61. The van der Waals surface area contributed by atoms with Crippen LogP contribution in [0.2, 0.25) is 0 Å². The predicted octanol–water partition coefficient (Wildman–Crippen LogP) is 15.0. The maximum Gasteiger partial charge on any atom is 0.252 e. The molecule has 0 saturated heterocycles. The molecular weight excluding hydrogens is 836 g/mol. The van der Waals surface area contributed by atoms with Gasteiger partial charge in [-0.05, 0) is 117 Å². The highest BCUT2D eigenvalue weighted by Gasteiger charge is 2.44. The van der Waals surface area contributed by atoms with Crippen LogP contribution in [0, 0.1) is 0 Å². The third-order valence-corrected chi connectivity index (χ3v) is 12.8. The number of anilines is 6. The Morgan fingerprint density at radius 3 is 1.99 bits per heavy atom. The second-order valence-electron chi connectivity index (χ2n) is 17.9. The summed E-state index contributed by atoms with van der Waals surface area (Å²) in [6.07, 6.45) is 0. The average Bonchev–Trinajstić information content (AvgIpc) is 1.59. The van der Waals surface area contributed by atoms with Gasteiger partial charge < -0.3 is 19.7 Å². The van der Waals surface area contributed by atoms with Gasteiger partial charge in [0.05, 0.1) is 44.1 Å². The second kappa shape index (κ2) is 16.5. The van der Waals surface area contributed by atoms with Gasteiger partial charge in [0.15, 0.2) is 0 Å². The predicted molar refractivity (Wildman–Crippen MR) is 297 cm³/mol. The van der Waals surface area contributed by atoms with E-state index in [0.29, 0.717) is 33.7 Å². The summed E-state index contributed by atoms with van der Waals surface area (Å²) in [6, 6.07) is 15.4. The van der Waals surface area contributed by atoms with Crippen LogP contribution in [-0.2, 0) is 5.41 Å². The van der Waals surface area contributed by atoms with Gasteiger partial charge in [-0.3, -0.25) is 0 Å². The minimum atomic E-state index is -1.33. The van der Waals surface area contributed by atoms with Gasteiger partial charge in [-0.15, -0.1) is 0 Å². The van der Waals surface area contributed by atoms with Crippen molar-refractivity contribution in [2.24, 2.45) is 0 Å². The Balaban J connectivity index is 1.32. The lowest BCUT2D eigenvalue weighted by Crippen LogP contribution is -2.61. The Bertz CT molecular complexity index is 4780. The van der Waals surface area contributed by atoms with Crippen molar-refractivity contribution in [1.82, 2.24) is 4.57 Å². The fraction of sp³-hybridized carbons (Fsp3) is 0.0938. The van der Waals surface area contributed by atoms with Crippen molar-refractivity contribution in [2.45, 2.75) is 33.1 Å². The molecule has 12 rings (SSSR count). The Labute approximate surface area is 434 Å². The molecule has 2 aliphatic rings. The molecule has 10 aromatic rings. The third-order valence-electron chi connectivity index (χ3n) is 12.8. The van der Waals surface area contributed by atoms with E-state index in [-0.39, 0.29) is 51.8 Å². The van der Waals surface area contributed by atoms with Crippen molar-refractivity contribution >= 4 is 79.0 Å². The van der Waals surface area contributed by atoms with Crippen LogP contribution in [0.4, 0.5) is 34.1 Å². The number of nitrogens with one attached hydrogen (secondary N) is 1. The quantitative estimate of drug-likeness (QED) is 0.121. The number of nitrogens with zero attached hydrogens (tertiary/aromatic N) is 3. The molecular formula is C64H53BN4. The van der Waals surface area contributed by atoms with Gasteiger partial charge in [0.25, 0.3) is 6.71 Å². The largest absolute Gasteiger partial charge is 0.356 e. The zero-order chi connectivity index (χ0) is 64.4. The molecule has 0 radical (unpaired) electrons. The maximum atomic E-state index is 11.1. The van der Waals surface area contributed by atoms with Crippen LogP contribution in [0.3, 0.4) is 0 Å². The van der Waals surface area contributed by atoms with Gasteiger partial charge >= 0.3 is 0 Å². The molecule has 9 aromatic carbocycles. The van der Waals surface area contributed by atoms with E-state index < -0.39 is 153 Å². The van der Waals surface area contributed by atoms with Gasteiger partial charge in [0.1, 0.15) is 0 Å². The summed E-state index contributed by atoms with van der Waals surface area (Å²) in [5.74, 6) is 0. The van der Waals surface area contributed by atoms with E-state index in [0.717, 1.165) is 21.3 Å². The molecule has 2 aliphatic heterocycles.